The molecule has 5 aliphatic rings. The number of nitrogens with zero attached hydrogens (tertiary/aromatic N) is 2. The van der Waals surface area contributed by atoms with Crippen molar-refractivity contribution >= 4 is 17.6 Å². The lowest BCUT2D eigenvalue weighted by molar-refractivity contribution is -0.127. The highest BCUT2D eigenvalue weighted by Gasteiger charge is 2.48. The van der Waals surface area contributed by atoms with Crippen molar-refractivity contribution in [3.63, 3.8) is 0 Å². The summed E-state index contributed by atoms with van der Waals surface area (Å²) in [7, 11) is 0. The van der Waals surface area contributed by atoms with Crippen LogP contribution in [-0.2, 0) is 9.59 Å². The Kier molecular flexibility index (Phi) is 8.21. The molecule has 0 spiro atoms. The molecule has 2 saturated heterocycles. The number of primary amides is 1. The van der Waals surface area contributed by atoms with E-state index in [2.05, 4.69) is 15.1 Å². The van der Waals surface area contributed by atoms with Gasteiger partial charge in [-0.2, -0.15) is 0 Å². The molecule has 6 atom stereocenters. The zero-order valence-corrected chi connectivity index (χ0v) is 22.0. The summed E-state index contributed by atoms with van der Waals surface area (Å²) < 4.78 is 0. The maximum absolute atomic E-state index is 13.8. The summed E-state index contributed by atoms with van der Waals surface area (Å²) in [6.07, 6.45) is 14.9. The van der Waals surface area contributed by atoms with E-state index >= 15 is 0 Å². The van der Waals surface area contributed by atoms with Crippen LogP contribution in [0.3, 0.4) is 0 Å². The number of hydrogen-bond acceptors (Lipinski definition) is 5. The molecule has 6 N–H and O–H groups in total. The number of likely N-dealkylation sites (tertiary alicyclic amines) is 2. The van der Waals surface area contributed by atoms with Crippen LogP contribution in [0, 0.1) is 29.1 Å². The van der Waals surface area contributed by atoms with E-state index in [0.717, 1.165) is 70.8 Å². The monoisotopic (exact) mass is 500 g/mol. The first kappa shape index (κ1) is 26.0. The van der Waals surface area contributed by atoms with E-state index in [1.807, 2.05) is 0 Å². The highest BCUT2D eigenvalue weighted by atomic mass is 16.2. The van der Waals surface area contributed by atoms with Crippen LogP contribution in [0.2, 0.25) is 0 Å². The van der Waals surface area contributed by atoms with Crippen molar-refractivity contribution in [1.82, 2.24) is 15.1 Å². The van der Waals surface area contributed by atoms with Gasteiger partial charge in [0.2, 0.25) is 11.8 Å². The predicted molar refractivity (Wildman–Crippen MR) is 141 cm³/mol. The quantitative estimate of drug-likeness (QED) is 0.315. The van der Waals surface area contributed by atoms with Gasteiger partial charge in [0.1, 0.15) is 0 Å². The summed E-state index contributed by atoms with van der Waals surface area (Å²) in [5.41, 5.74) is 11.5. The van der Waals surface area contributed by atoms with Crippen molar-refractivity contribution in [2.75, 3.05) is 19.6 Å². The van der Waals surface area contributed by atoms with E-state index in [1.54, 1.807) is 0 Å². The number of amidine groups is 1. The van der Waals surface area contributed by atoms with Crippen molar-refractivity contribution in [1.29, 1.82) is 5.41 Å². The maximum Gasteiger partial charge on any atom is 0.237 e. The van der Waals surface area contributed by atoms with Crippen LogP contribution in [0.25, 0.3) is 0 Å². The summed E-state index contributed by atoms with van der Waals surface area (Å²) in [6.45, 7) is 3.36. The van der Waals surface area contributed by atoms with Gasteiger partial charge in [-0.05, 0) is 115 Å². The van der Waals surface area contributed by atoms with Crippen molar-refractivity contribution < 1.29 is 9.59 Å². The summed E-state index contributed by atoms with van der Waals surface area (Å²) in [5.74, 6) is 1.53. The van der Waals surface area contributed by atoms with E-state index in [1.165, 1.54) is 38.8 Å². The molecule has 2 aliphatic heterocycles. The van der Waals surface area contributed by atoms with Crippen molar-refractivity contribution in [2.45, 2.75) is 114 Å². The lowest BCUT2D eigenvalue weighted by atomic mass is 9.77. The Hall–Kier alpha value is -1.67. The molecule has 3 aliphatic carbocycles. The number of fused-ring (bicyclic) bond motifs is 1. The normalized spacial score (nSPS) is 40.0. The first-order valence-corrected chi connectivity index (χ1v) is 14.8. The molecule has 0 aromatic heterocycles. The standard InChI is InChI=1S/C28H48N6O2/c29-26(30)21-11-10-20-14-25(28(36)32-22-4-3-5-23(16-22)33-12-1-2-13-33)34(24(20)15-21)17-18-6-8-19(9-7-18)27(31)35/h18-25H,1-17H2,(H3,29,30)(H2,31,35)(H,32,36). The molecule has 0 bridgehead atoms. The van der Waals surface area contributed by atoms with Crippen molar-refractivity contribution in [3.05, 3.63) is 0 Å². The smallest absolute Gasteiger partial charge is 0.237 e. The van der Waals surface area contributed by atoms with Gasteiger partial charge in [-0.25, -0.2) is 0 Å². The van der Waals surface area contributed by atoms with Gasteiger partial charge in [0.15, 0.2) is 0 Å². The molecule has 202 valence electrons. The lowest BCUT2D eigenvalue weighted by Gasteiger charge is -2.40. The molecule has 2 heterocycles. The van der Waals surface area contributed by atoms with Crippen LogP contribution in [0.5, 0.6) is 0 Å². The number of carbonyl (C=O) groups is 2. The second kappa shape index (κ2) is 11.4. The Bertz CT molecular complexity index is 806. The molecule has 3 saturated carbocycles. The van der Waals surface area contributed by atoms with Crippen molar-refractivity contribution in [2.24, 2.45) is 35.1 Å². The first-order valence-electron chi connectivity index (χ1n) is 14.8. The van der Waals surface area contributed by atoms with E-state index in [0.29, 0.717) is 29.8 Å². The largest absolute Gasteiger partial charge is 0.387 e. The number of rotatable bonds is 7. The zero-order chi connectivity index (χ0) is 25.2. The van der Waals surface area contributed by atoms with Gasteiger partial charge in [0.05, 0.1) is 11.9 Å². The molecule has 5 fully saturated rings. The third-order valence-corrected chi connectivity index (χ3v) is 10.4. The predicted octanol–water partition coefficient (Wildman–Crippen LogP) is 2.60. The SMILES string of the molecule is N=C(N)C1CCC2CC(C(=O)NC3CCCC(N4CCCC4)C3)N(CC3CCC(C(N)=O)CC3)C2C1. The third kappa shape index (κ3) is 5.74. The van der Waals surface area contributed by atoms with Gasteiger partial charge in [0, 0.05) is 36.5 Å². The average molecular weight is 501 g/mol. The van der Waals surface area contributed by atoms with Gasteiger partial charge >= 0.3 is 0 Å². The van der Waals surface area contributed by atoms with Crippen LogP contribution >= 0.6 is 0 Å². The number of nitrogens with one attached hydrogen (secondary N) is 2. The van der Waals surface area contributed by atoms with Crippen LogP contribution in [0.15, 0.2) is 0 Å². The van der Waals surface area contributed by atoms with E-state index in [9.17, 15) is 9.59 Å². The van der Waals surface area contributed by atoms with Crippen molar-refractivity contribution in [3.8, 4) is 0 Å². The Morgan fingerprint density at radius 1 is 0.833 bits per heavy atom. The Morgan fingerprint density at radius 2 is 1.56 bits per heavy atom. The fraction of sp³-hybridized carbons (Fsp3) is 0.893. The molecule has 6 unspecified atom stereocenters. The van der Waals surface area contributed by atoms with Crippen LogP contribution in [0.1, 0.15) is 89.9 Å². The van der Waals surface area contributed by atoms with Gasteiger partial charge in [-0.3, -0.25) is 19.9 Å². The summed E-state index contributed by atoms with van der Waals surface area (Å²) in [4.78, 5) is 30.6. The van der Waals surface area contributed by atoms with Gasteiger partial charge in [-0.15, -0.1) is 0 Å². The number of carbonyl (C=O) groups excluding carboxylic acids is 2. The van der Waals surface area contributed by atoms with E-state index < -0.39 is 0 Å². The topological polar surface area (TPSA) is 129 Å². The minimum atomic E-state index is -0.164. The summed E-state index contributed by atoms with van der Waals surface area (Å²) in [6, 6.07) is 1.18. The van der Waals surface area contributed by atoms with E-state index in [4.69, 9.17) is 16.9 Å². The summed E-state index contributed by atoms with van der Waals surface area (Å²) in [5, 5.41) is 11.6. The Morgan fingerprint density at radius 3 is 2.25 bits per heavy atom. The second-order valence-electron chi connectivity index (χ2n) is 12.6. The number of hydrogen-bond donors (Lipinski definition) is 4. The molecule has 2 amide bonds. The fourth-order valence-electron chi connectivity index (χ4n) is 8.31. The number of amides is 2. The van der Waals surface area contributed by atoms with Gasteiger partial charge in [-0.1, -0.05) is 0 Å². The maximum atomic E-state index is 13.8. The third-order valence-electron chi connectivity index (χ3n) is 10.4. The molecule has 0 radical (unpaired) electrons. The molecular weight excluding hydrogens is 452 g/mol. The molecular formula is C28H48N6O2. The second-order valence-corrected chi connectivity index (χ2v) is 12.6. The lowest BCUT2D eigenvalue weighted by Crippen LogP contribution is -2.53. The minimum Gasteiger partial charge on any atom is -0.387 e. The first-order chi connectivity index (χ1) is 17.4. The molecule has 36 heavy (non-hydrogen) atoms. The Balaban J connectivity index is 1.24. The van der Waals surface area contributed by atoms with E-state index in [-0.39, 0.29) is 35.7 Å². The van der Waals surface area contributed by atoms with Crippen LogP contribution in [-0.4, -0.2) is 71.3 Å². The Labute approximate surface area is 216 Å². The van der Waals surface area contributed by atoms with Crippen LogP contribution < -0.4 is 16.8 Å². The summed E-state index contributed by atoms with van der Waals surface area (Å²) >= 11 is 0. The highest BCUT2D eigenvalue weighted by molar-refractivity contribution is 5.83. The molecule has 0 aromatic rings. The highest BCUT2D eigenvalue weighted by Crippen LogP contribution is 2.43. The zero-order valence-electron chi connectivity index (χ0n) is 22.0. The molecule has 0 aromatic carbocycles. The molecule has 8 nitrogen and oxygen atoms in total. The van der Waals surface area contributed by atoms with Gasteiger partial charge < -0.3 is 21.7 Å². The molecule has 5 rings (SSSR count). The molecule has 8 heteroatoms. The fourth-order valence-corrected chi connectivity index (χ4v) is 8.31. The minimum absolute atomic E-state index is 0.0123. The van der Waals surface area contributed by atoms with Gasteiger partial charge in [0.25, 0.3) is 0 Å². The average Bonchev–Trinajstić information content (AvgIpc) is 3.53. The van der Waals surface area contributed by atoms with Crippen LogP contribution in [0.4, 0.5) is 0 Å². The number of nitrogens with two attached hydrogens (primary N) is 2.